The first-order valence-corrected chi connectivity index (χ1v) is 9.90. The summed E-state index contributed by atoms with van der Waals surface area (Å²) in [5, 5.41) is 0. The van der Waals surface area contributed by atoms with Crippen LogP contribution < -0.4 is 16.4 Å². The summed E-state index contributed by atoms with van der Waals surface area (Å²) in [6.45, 7) is 8.88. The van der Waals surface area contributed by atoms with Gasteiger partial charge in [-0.2, -0.15) is 4.99 Å². The zero-order valence-electron chi connectivity index (χ0n) is 16.8. The second kappa shape index (κ2) is 9.06. The minimum Gasteiger partial charge on any atom is -0.369 e. The Hall–Kier alpha value is -2.04. The fraction of sp³-hybridized carbons (Fsp3) is 0.619. The van der Waals surface area contributed by atoms with Crippen LogP contribution in [0.2, 0.25) is 0 Å². The van der Waals surface area contributed by atoms with Gasteiger partial charge in [-0.1, -0.05) is 71.9 Å². The molecule has 144 valence electrons. The predicted molar refractivity (Wildman–Crippen MR) is 113 cm³/mol. The van der Waals surface area contributed by atoms with Crippen molar-refractivity contribution in [2.75, 3.05) is 4.90 Å². The summed E-state index contributed by atoms with van der Waals surface area (Å²) in [5.41, 5.74) is 14.5. The van der Waals surface area contributed by atoms with E-state index in [0.717, 1.165) is 18.5 Å². The van der Waals surface area contributed by atoms with Gasteiger partial charge in [0, 0.05) is 5.69 Å². The molecular formula is C21H35N5. The van der Waals surface area contributed by atoms with E-state index in [1.807, 2.05) is 4.90 Å². The van der Waals surface area contributed by atoms with E-state index in [0.29, 0.717) is 5.96 Å². The Morgan fingerprint density at radius 2 is 1.58 bits per heavy atom. The van der Waals surface area contributed by atoms with Crippen molar-refractivity contribution >= 4 is 17.6 Å². The number of rotatable bonds is 8. The molecule has 0 amide bonds. The second-order valence-corrected chi connectivity index (χ2v) is 8.16. The molecule has 0 fully saturated rings. The molecule has 2 rings (SSSR count). The lowest BCUT2D eigenvalue weighted by Gasteiger charge is -2.33. The first-order valence-electron chi connectivity index (χ1n) is 9.90. The summed E-state index contributed by atoms with van der Waals surface area (Å²) < 4.78 is 0. The van der Waals surface area contributed by atoms with Gasteiger partial charge in [0.05, 0.1) is 0 Å². The van der Waals surface area contributed by atoms with Crippen LogP contribution in [0.15, 0.2) is 34.3 Å². The van der Waals surface area contributed by atoms with Crippen LogP contribution in [0.25, 0.3) is 0 Å². The maximum absolute atomic E-state index is 6.20. The van der Waals surface area contributed by atoms with Crippen LogP contribution in [0.4, 0.5) is 5.69 Å². The van der Waals surface area contributed by atoms with Crippen LogP contribution in [-0.2, 0) is 5.41 Å². The maximum Gasteiger partial charge on any atom is 0.220 e. The second-order valence-electron chi connectivity index (χ2n) is 8.16. The van der Waals surface area contributed by atoms with E-state index in [1.54, 1.807) is 0 Å². The van der Waals surface area contributed by atoms with Gasteiger partial charge in [-0.25, -0.2) is 4.99 Å². The van der Waals surface area contributed by atoms with E-state index in [9.17, 15) is 0 Å². The van der Waals surface area contributed by atoms with Crippen molar-refractivity contribution < 1.29 is 0 Å². The number of nitrogens with zero attached hydrogens (tertiary/aromatic N) is 3. The average Bonchev–Trinajstić information content (AvgIpc) is 2.57. The zero-order chi connectivity index (χ0) is 19.2. The highest BCUT2D eigenvalue weighted by Crippen LogP contribution is 2.28. The lowest BCUT2D eigenvalue weighted by atomic mass is 9.87. The quantitative estimate of drug-likeness (QED) is 0.672. The molecule has 0 aromatic heterocycles. The van der Waals surface area contributed by atoms with Gasteiger partial charge in [-0.15, -0.1) is 0 Å². The van der Waals surface area contributed by atoms with Crippen molar-refractivity contribution in [3.05, 3.63) is 29.8 Å². The Morgan fingerprint density at radius 3 is 2.19 bits per heavy atom. The first kappa shape index (κ1) is 20.3. The third-order valence-electron chi connectivity index (χ3n) is 4.88. The normalized spacial score (nSPS) is 17.8. The van der Waals surface area contributed by atoms with Gasteiger partial charge in [-0.3, -0.25) is 4.90 Å². The van der Waals surface area contributed by atoms with E-state index in [-0.39, 0.29) is 17.5 Å². The number of benzene rings is 1. The number of aliphatic imine (C=N–C) groups is 2. The Bertz CT molecular complexity index is 625. The van der Waals surface area contributed by atoms with E-state index in [2.05, 4.69) is 61.9 Å². The van der Waals surface area contributed by atoms with E-state index >= 15 is 0 Å². The molecule has 1 aliphatic rings. The third-order valence-corrected chi connectivity index (χ3v) is 4.88. The number of nitrogens with two attached hydrogens (primary N) is 2. The molecule has 0 saturated heterocycles. The highest BCUT2D eigenvalue weighted by Gasteiger charge is 2.26. The van der Waals surface area contributed by atoms with Crippen LogP contribution in [0.5, 0.6) is 0 Å². The summed E-state index contributed by atoms with van der Waals surface area (Å²) in [4.78, 5) is 10.7. The SMILES string of the molecule is CCCCCCCCC1N=C(N)N=C(N)N1c1ccc(C(C)(C)C)cc1. The average molecular weight is 358 g/mol. The molecule has 0 saturated carbocycles. The topological polar surface area (TPSA) is 80.0 Å². The number of hydrogen-bond acceptors (Lipinski definition) is 5. The molecule has 1 aliphatic heterocycles. The number of unbranched alkanes of at least 4 members (excludes halogenated alkanes) is 5. The van der Waals surface area contributed by atoms with Gasteiger partial charge >= 0.3 is 0 Å². The molecule has 5 heteroatoms. The lowest BCUT2D eigenvalue weighted by Crippen LogP contribution is -2.48. The number of guanidine groups is 2. The molecule has 4 N–H and O–H groups in total. The molecule has 1 unspecified atom stereocenters. The van der Waals surface area contributed by atoms with Gasteiger partial charge < -0.3 is 11.5 Å². The van der Waals surface area contributed by atoms with Gasteiger partial charge in [0.2, 0.25) is 11.9 Å². The smallest absolute Gasteiger partial charge is 0.220 e. The van der Waals surface area contributed by atoms with Gasteiger partial charge in [0.25, 0.3) is 0 Å². The van der Waals surface area contributed by atoms with Crippen molar-refractivity contribution in [2.24, 2.45) is 21.5 Å². The highest BCUT2D eigenvalue weighted by molar-refractivity contribution is 6.04. The molecule has 1 atom stereocenters. The monoisotopic (exact) mass is 357 g/mol. The zero-order valence-corrected chi connectivity index (χ0v) is 16.8. The summed E-state index contributed by atoms with van der Waals surface area (Å²) in [5.74, 6) is 0.707. The fourth-order valence-electron chi connectivity index (χ4n) is 3.29. The van der Waals surface area contributed by atoms with Gasteiger partial charge in [0.15, 0.2) is 0 Å². The largest absolute Gasteiger partial charge is 0.369 e. The standard InChI is InChI=1S/C21H35N5/c1-5-6-7-8-9-10-11-18-24-19(22)25-20(23)26(18)17-14-12-16(13-15-17)21(2,3)4/h12-15,18H,5-11H2,1-4H3,(H4,22,23,24,25). The van der Waals surface area contributed by atoms with Crippen LogP contribution in [0.1, 0.15) is 78.2 Å². The van der Waals surface area contributed by atoms with Gasteiger partial charge in [0.1, 0.15) is 6.17 Å². The molecule has 0 radical (unpaired) electrons. The van der Waals surface area contributed by atoms with Crippen molar-refractivity contribution in [1.29, 1.82) is 0 Å². The molecule has 1 aromatic rings. The molecule has 0 spiro atoms. The first-order chi connectivity index (χ1) is 12.3. The van der Waals surface area contributed by atoms with Crippen LogP contribution >= 0.6 is 0 Å². The van der Waals surface area contributed by atoms with Crippen molar-refractivity contribution in [3.8, 4) is 0 Å². The minimum atomic E-state index is -0.0702. The molecule has 26 heavy (non-hydrogen) atoms. The number of anilines is 1. The fourth-order valence-corrected chi connectivity index (χ4v) is 3.29. The van der Waals surface area contributed by atoms with Crippen molar-refractivity contribution in [3.63, 3.8) is 0 Å². The third kappa shape index (κ3) is 5.48. The maximum atomic E-state index is 6.20. The molecule has 1 heterocycles. The Balaban J connectivity index is 2.06. The summed E-state index contributed by atoms with van der Waals surface area (Å²) in [7, 11) is 0. The Morgan fingerprint density at radius 1 is 0.962 bits per heavy atom. The van der Waals surface area contributed by atoms with Crippen molar-refractivity contribution in [2.45, 2.75) is 84.2 Å². The summed E-state index contributed by atoms with van der Waals surface area (Å²) >= 11 is 0. The minimum absolute atomic E-state index is 0.0702. The lowest BCUT2D eigenvalue weighted by molar-refractivity contribution is 0.539. The van der Waals surface area contributed by atoms with E-state index < -0.39 is 0 Å². The van der Waals surface area contributed by atoms with Gasteiger partial charge in [-0.05, 0) is 36.0 Å². The molecule has 0 aliphatic carbocycles. The Kier molecular flexibility index (Phi) is 7.06. The molecule has 0 bridgehead atoms. The highest BCUT2D eigenvalue weighted by atomic mass is 15.4. The van der Waals surface area contributed by atoms with E-state index in [4.69, 9.17) is 11.5 Å². The van der Waals surface area contributed by atoms with Crippen LogP contribution in [-0.4, -0.2) is 18.1 Å². The van der Waals surface area contributed by atoms with E-state index in [1.165, 1.54) is 37.7 Å². The Labute approximate surface area is 158 Å². The van der Waals surface area contributed by atoms with Crippen LogP contribution in [0, 0.1) is 0 Å². The number of hydrogen-bond donors (Lipinski definition) is 2. The predicted octanol–water partition coefficient (Wildman–Crippen LogP) is 4.51. The van der Waals surface area contributed by atoms with Crippen molar-refractivity contribution in [1.82, 2.24) is 0 Å². The molecule has 1 aromatic carbocycles. The summed E-state index contributed by atoms with van der Waals surface area (Å²) in [6.07, 6.45) is 8.39. The molecule has 5 nitrogen and oxygen atoms in total. The summed E-state index contributed by atoms with van der Waals surface area (Å²) in [6, 6.07) is 8.53. The molecular weight excluding hydrogens is 322 g/mol. The van der Waals surface area contributed by atoms with Crippen LogP contribution in [0.3, 0.4) is 0 Å².